The molecule has 0 aliphatic carbocycles. The van der Waals surface area contributed by atoms with E-state index in [2.05, 4.69) is 5.32 Å². The van der Waals surface area contributed by atoms with Gasteiger partial charge in [-0.25, -0.2) is 9.18 Å². The molecule has 28 heavy (non-hydrogen) atoms. The van der Waals surface area contributed by atoms with Crippen molar-refractivity contribution < 1.29 is 28.2 Å². The molecule has 7 heteroatoms. The Morgan fingerprint density at radius 2 is 1.93 bits per heavy atom. The molecule has 0 saturated heterocycles. The van der Waals surface area contributed by atoms with Crippen LogP contribution >= 0.6 is 0 Å². The quantitative estimate of drug-likeness (QED) is 0.697. The van der Waals surface area contributed by atoms with Crippen LogP contribution in [0.25, 0.3) is 6.08 Å². The maximum absolute atomic E-state index is 13.6. The molecular formula is C21H22FNO5. The summed E-state index contributed by atoms with van der Waals surface area (Å²) in [6, 6.07) is 11.0. The second-order valence-electron chi connectivity index (χ2n) is 5.80. The van der Waals surface area contributed by atoms with Gasteiger partial charge in [-0.1, -0.05) is 30.4 Å². The molecule has 1 unspecified atom stereocenters. The summed E-state index contributed by atoms with van der Waals surface area (Å²) >= 11 is 0. The van der Waals surface area contributed by atoms with Gasteiger partial charge in [0.1, 0.15) is 5.82 Å². The van der Waals surface area contributed by atoms with Gasteiger partial charge in [0.25, 0.3) is 5.91 Å². The largest absolute Gasteiger partial charge is 0.493 e. The molecular weight excluding hydrogens is 365 g/mol. The molecule has 0 aliphatic rings. The van der Waals surface area contributed by atoms with Crippen molar-refractivity contribution in [2.45, 2.75) is 20.0 Å². The number of rotatable bonds is 8. The highest BCUT2D eigenvalue weighted by atomic mass is 19.1. The molecule has 0 heterocycles. The summed E-state index contributed by atoms with van der Waals surface area (Å²) < 4.78 is 29.3. The van der Waals surface area contributed by atoms with E-state index < -0.39 is 30.4 Å². The highest BCUT2D eigenvalue weighted by molar-refractivity contribution is 5.95. The number of carbonyl (C=O) groups is 2. The second-order valence-corrected chi connectivity index (χ2v) is 5.80. The fourth-order valence-electron chi connectivity index (χ4n) is 2.32. The van der Waals surface area contributed by atoms with E-state index in [1.54, 1.807) is 18.2 Å². The Hall–Kier alpha value is -3.35. The monoisotopic (exact) mass is 387 g/mol. The highest BCUT2D eigenvalue weighted by Gasteiger charge is 2.19. The van der Waals surface area contributed by atoms with Crippen molar-refractivity contribution in [3.63, 3.8) is 0 Å². The summed E-state index contributed by atoms with van der Waals surface area (Å²) in [6.45, 7) is 2.88. The standard InChI is InChI=1S/C21H22FNO5/c1-4-7-15-10-11-18(19(12-15)26-3)27-13-20(24)28-14(2)21(25)23-17-9-6-5-8-16(17)22/h4-12,14H,13H2,1-3H3,(H,23,25)/b7-4+. The first kappa shape index (κ1) is 21.0. The average Bonchev–Trinajstić information content (AvgIpc) is 2.68. The smallest absolute Gasteiger partial charge is 0.344 e. The SMILES string of the molecule is C/C=C/c1ccc(OCC(=O)OC(C)C(=O)Nc2ccccc2F)c(OC)c1. The molecule has 6 nitrogen and oxygen atoms in total. The third-order valence-corrected chi connectivity index (χ3v) is 3.70. The molecule has 0 radical (unpaired) electrons. The molecule has 0 bridgehead atoms. The van der Waals surface area contributed by atoms with Crippen molar-refractivity contribution in [2.75, 3.05) is 19.0 Å². The molecule has 2 aromatic rings. The van der Waals surface area contributed by atoms with Crippen LogP contribution in [-0.4, -0.2) is 31.7 Å². The summed E-state index contributed by atoms with van der Waals surface area (Å²) in [7, 11) is 1.50. The zero-order valence-corrected chi connectivity index (χ0v) is 15.9. The number of esters is 1. The van der Waals surface area contributed by atoms with Crippen LogP contribution in [0.1, 0.15) is 19.4 Å². The maximum Gasteiger partial charge on any atom is 0.344 e. The summed E-state index contributed by atoms with van der Waals surface area (Å²) in [5, 5.41) is 2.37. The van der Waals surface area contributed by atoms with Gasteiger partial charge in [-0.3, -0.25) is 4.79 Å². The minimum atomic E-state index is -1.12. The number of nitrogens with one attached hydrogen (secondary N) is 1. The number of benzene rings is 2. The topological polar surface area (TPSA) is 73.9 Å². The van der Waals surface area contributed by atoms with E-state index in [0.717, 1.165) is 5.56 Å². The van der Waals surface area contributed by atoms with Crippen LogP contribution in [0.4, 0.5) is 10.1 Å². The van der Waals surface area contributed by atoms with Gasteiger partial charge in [0.05, 0.1) is 12.8 Å². The number of carbonyl (C=O) groups excluding carboxylic acids is 2. The number of anilines is 1. The Labute approximate surface area is 162 Å². The van der Waals surface area contributed by atoms with Crippen molar-refractivity contribution in [2.24, 2.45) is 0 Å². The molecule has 1 N–H and O–H groups in total. The normalized spacial score (nSPS) is 11.7. The molecule has 2 rings (SSSR count). The summed E-state index contributed by atoms with van der Waals surface area (Å²) in [5.41, 5.74) is 0.935. The number of para-hydroxylation sites is 1. The average molecular weight is 387 g/mol. The minimum absolute atomic E-state index is 0.0117. The zero-order chi connectivity index (χ0) is 20.5. The number of allylic oxidation sites excluding steroid dienone is 1. The predicted molar refractivity (Wildman–Crippen MR) is 104 cm³/mol. The van der Waals surface area contributed by atoms with Gasteiger partial charge in [-0.05, 0) is 43.7 Å². The van der Waals surface area contributed by atoms with E-state index in [9.17, 15) is 14.0 Å². The number of ether oxygens (including phenoxy) is 3. The van der Waals surface area contributed by atoms with Crippen LogP contribution in [0, 0.1) is 5.82 Å². The Morgan fingerprint density at radius 1 is 1.18 bits per heavy atom. The molecule has 0 saturated carbocycles. The third-order valence-electron chi connectivity index (χ3n) is 3.70. The lowest BCUT2D eigenvalue weighted by molar-refractivity contribution is -0.155. The van der Waals surface area contributed by atoms with Crippen molar-refractivity contribution in [3.8, 4) is 11.5 Å². The van der Waals surface area contributed by atoms with Gasteiger partial charge in [-0.2, -0.15) is 0 Å². The lowest BCUT2D eigenvalue weighted by Gasteiger charge is -2.15. The van der Waals surface area contributed by atoms with E-state index in [-0.39, 0.29) is 5.69 Å². The first-order chi connectivity index (χ1) is 13.4. The van der Waals surface area contributed by atoms with Crippen LogP contribution in [0.5, 0.6) is 11.5 Å². The fraction of sp³-hybridized carbons (Fsp3) is 0.238. The third kappa shape index (κ3) is 5.84. The number of halogens is 1. The zero-order valence-electron chi connectivity index (χ0n) is 15.9. The van der Waals surface area contributed by atoms with E-state index in [1.807, 2.05) is 25.1 Å². The van der Waals surface area contributed by atoms with E-state index in [1.165, 1.54) is 32.2 Å². The molecule has 0 aromatic heterocycles. The van der Waals surface area contributed by atoms with Crippen molar-refractivity contribution in [3.05, 3.63) is 59.9 Å². The Morgan fingerprint density at radius 3 is 2.61 bits per heavy atom. The Balaban J connectivity index is 1.89. The number of hydrogen-bond acceptors (Lipinski definition) is 5. The van der Waals surface area contributed by atoms with Crippen molar-refractivity contribution in [1.82, 2.24) is 0 Å². The maximum atomic E-state index is 13.6. The van der Waals surface area contributed by atoms with E-state index >= 15 is 0 Å². The molecule has 2 aromatic carbocycles. The van der Waals surface area contributed by atoms with Gasteiger partial charge in [0, 0.05) is 0 Å². The van der Waals surface area contributed by atoms with Crippen LogP contribution in [0.2, 0.25) is 0 Å². The number of amides is 1. The summed E-state index contributed by atoms with van der Waals surface area (Å²) in [4.78, 5) is 24.0. The van der Waals surface area contributed by atoms with E-state index in [4.69, 9.17) is 14.2 Å². The van der Waals surface area contributed by atoms with Crippen LogP contribution in [0.3, 0.4) is 0 Å². The van der Waals surface area contributed by atoms with Crippen molar-refractivity contribution >= 4 is 23.6 Å². The first-order valence-corrected chi connectivity index (χ1v) is 8.63. The highest BCUT2D eigenvalue weighted by Crippen LogP contribution is 2.28. The predicted octanol–water partition coefficient (Wildman–Crippen LogP) is 3.82. The van der Waals surface area contributed by atoms with Crippen LogP contribution < -0.4 is 14.8 Å². The molecule has 0 spiro atoms. The first-order valence-electron chi connectivity index (χ1n) is 8.63. The lowest BCUT2D eigenvalue weighted by Crippen LogP contribution is -2.32. The van der Waals surface area contributed by atoms with Gasteiger partial charge in [0.2, 0.25) is 0 Å². The molecule has 148 valence electrons. The van der Waals surface area contributed by atoms with Gasteiger partial charge in [0.15, 0.2) is 24.2 Å². The number of hydrogen-bond donors (Lipinski definition) is 1. The summed E-state index contributed by atoms with van der Waals surface area (Å²) in [6.07, 6.45) is 2.67. The van der Waals surface area contributed by atoms with Crippen molar-refractivity contribution in [1.29, 1.82) is 0 Å². The number of methoxy groups -OCH3 is 1. The minimum Gasteiger partial charge on any atom is -0.493 e. The Kier molecular flexibility index (Phi) is 7.56. The van der Waals surface area contributed by atoms with Crippen LogP contribution in [0.15, 0.2) is 48.5 Å². The van der Waals surface area contributed by atoms with Crippen LogP contribution in [-0.2, 0) is 14.3 Å². The fourth-order valence-corrected chi connectivity index (χ4v) is 2.32. The lowest BCUT2D eigenvalue weighted by atomic mass is 10.2. The van der Waals surface area contributed by atoms with Gasteiger partial charge in [-0.15, -0.1) is 0 Å². The summed E-state index contributed by atoms with van der Waals surface area (Å²) in [5.74, 6) is -1.13. The van der Waals surface area contributed by atoms with Gasteiger partial charge >= 0.3 is 5.97 Å². The van der Waals surface area contributed by atoms with E-state index in [0.29, 0.717) is 11.5 Å². The second kappa shape index (κ2) is 10.1. The Bertz CT molecular complexity index is 866. The molecule has 1 atom stereocenters. The van der Waals surface area contributed by atoms with Gasteiger partial charge < -0.3 is 19.5 Å². The molecule has 1 amide bonds. The molecule has 0 aliphatic heterocycles. The molecule has 0 fully saturated rings.